The van der Waals surface area contributed by atoms with Gasteiger partial charge in [0.25, 0.3) is 0 Å². The van der Waals surface area contributed by atoms with E-state index in [0.29, 0.717) is 12.0 Å². The fourth-order valence-corrected chi connectivity index (χ4v) is 0.732. The topological polar surface area (TPSA) is 35.2 Å². The van der Waals surface area contributed by atoms with Gasteiger partial charge < -0.3 is 10.5 Å². The Morgan fingerprint density at radius 2 is 2.38 bits per heavy atom. The Kier molecular flexibility index (Phi) is 1.86. The van der Waals surface area contributed by atoms with Crippen molar-refractivity contribution in [3.05, 3.63) is 0 Å². The van der Waals surface area contributed by atoms with E-state index in [1.165, 1.54) is 6.42 Å². The Balaban J connectivity index is 1.89. The van der Waals surface area contributed by atoms with Gasteiger partial charge in [-0.2, -0.15) is 0 Å². The molecule has 0 aliphatic heterocycles. The second-order valence-corrected chi connectivity index (χ2v) is 2.32. The fourth-order valence-electron chi connectivity index (χ4n) is 0.732. The molecule has 1 aliphatic rings. The van der Waals surface area contributed by atoms with E-state index >= 15 is 0 Å². The van der Waals surface area contributed by atoms with E-state index in [1.54, 1.807) is 0 Å². The highest BCUT2D eigenvalue weighted by Gasteiger charge is 2.32. The molecule has 1 fully saturated rings. The maximum absolute atomic E-state index is 5.53. The molecular formula is C6H13NO. The minimum atomic E-state index is 0.446. The summed E-state index contributed by atoms with van der Waals surface area (Å²) in [5, 5.41) is 0. The lowest BCUT2D eigenvalue weighted by atomic mass is 10.4. The van der Waals surface area contributed by atoms with E-state index in [1.807, 2.05) is 6.92 Å². The van der Waals surface area contributed by atoms with Crippen LogP contribution in [-0.4, -0.2) is 19.3 Å². The molecule has 8 heavy (non-hydrogen) atoms. The standard InChI is InChI=1S/C6H13NO/c1-2-8-4-5-3-6(5)7/h5-6H,2-4,7H2,1H3/t5?,6-/m1/s1. The summed E-state index contributed by atoms with van der Waals surface area (Å²) in [4.78, 5) is 0. The molecule has 1 unspecified atom stereocenters. The summed E-state index contributed by atoms with van der Waals surface area (Å²) in [6.07, 6.45) is 1.17. The zero-order chi connectivity index (χ0) is 5.98. The normalized spacial score (nSPS) is 35.2. The van der Waals surface area contributed by atoms with Crippen molar-refractivity contribution in [2.24, 2.45) is 11.7 Å². The van der Waals surface area contributed by atoms with Gasteiger partial charge in [0.05, 0.1) is 6.61 Å². The lowest BCUT2D eigenvalue weighted by Gasteiger charge is -1.95. The molecule has 0 heterocycles. The van der Waals surface area contributed by atoms with Gasteiger partial charge in [0.1, 0.15) is 0 Å². The smallest absolute Gasteiger partial charge is 0.0509 e. The molecule has 0 aromatic carbocycles. The Morgan fingerprint density at radius 1 is 1.75 bits per heavy atom. The van der Waals surface area contributed by atoms with E-state index in [2.05, 4.69) is 0 Å². The molecule has 0 bridgehead atoms. The summed E-state index contributed by atoms with van der Waals surface area (Å²) >= 11 is 0. The third-order valence-electron chi connectivity index (χ3n) is 1.51. The van der Waals surface area contributed by atoms with Gasteiger partial charge in [-0.15, -0.1) is 0 Å². The largest absolute Gasteiger partial charge is 0.381 e. The number of hydrogen-bond donors (Lipinski definition) is 1. The number of rotatable bonds is 3. The Bertz CT molecular complexity index is 74.9. The van der Waals surface area contributed by atoms with E-state index in [4.69, 9.17) is 10.5 Å². The highest BCUT2D eigenvalue weighted by Crippen LogP contribution is 2.27. The summed E-state index contributed by atoms with van der Waals surface area (Å²) in [7, 11) is 0. The minimum absolute atomic E-state index is 0.446. The van der Waals surface area contributed by atoms with E-state index in [0.717, 1.165) is 13.2 Å². The lowest BCUT2D eigenvalue weighted by molar-refractivity contribution is 0.136. The second-order valence-electron chi connectivity index (χ2n) is 2.32. The first-order valence-corrected chi connectivity index (χ1v) is 3.18. The van der Waals surface area contributed by atoms with Gasteiger partial charge in [-0.25, -0.2) is 0 Å². The number of nitrogens with two attached hydrogens (primary N) is 1. The second kappa shape index (κ2) is 2.46. The van der Waals surface area contributed by atoms with Gasteiger partial charge in [-0.1, -0.05) is 0 Å². The van der Waals surface area contributed by atoms with E-state index < -0.39 is 0 Å². The van der Waals surface area contributed by atoms with Gasteiger partial charge in [-0.05, 0) is 19.3 Å². The van der Waals surface area contributed by atoms with Crippen LogP contribution in [0.3, 0.4) is 0 Å². The van der Waals surface area contributed by atoms with Gasteiger partial charge in [0.15, 0.2) is 0 Å². The molecule has 48 valence electrons. The van der Waals surface area contributed by atoms with Gasteiger partial charge in [-0.3, -0.25) is 0 Å². The fraction of sp³-hybridized carbons (Fsp3) is 1.00. The van der Waals surface area contributed by atoms with Crippen molar-refractivity contribution < 1.29 is 4.74 Å². The zero-order valence-corrected chi connectivity index (χ0v) is 5.26. The molecule has 0 radical (unpaired) electrons. The maximum atomic E-state index is 5.53. The Hall–Kier alpha value is -0.0800. The molecule has 2 atom stereocenters. The zero-order valence-electron chi connectivity index (χ0n) is 5.26. The Morgan fingerprint density at radius 3 is 2.75 bits per heavy atom. The minimum Gasteiger partial charge on any atom is -0.381 e. The predicted octanol–water partition coefficient (Wildman–Crippen LogP) is 0.370. The number of ether oxygens (including phenoxy) is 1. The first kappa shape index (κ1) is 6.05. The molecular weight excluding hydrogens is 102 g/mol. The van der Waals surface area contributed by atoms with Crippen molar-refractivity contribution in [1.29, 1.82) is 0 Å². The van der Waals surface area contributed by atoms with E-state index in [9.17, 15) is 0 Å². The molecule has 0 amide bonds. The summed E-state index contributed by atoms with van der Waals surface area (Å²) < 4.78 is 5.15. The first-order valence-electron chi connectivity index (χ1n) is 3.18. The average Bonchev–Trinajstić information content (AvgIpc) is 2.42. The molecule has 2 heteroatoms. The molecule has 0 aromatic heterocycles. The van der Waals surface area contributed by atoms with Crippen LogP contribution in [0.5, 0.6) is 0 Å². The van der Waals surface area contributed by atoms with Gasteiger partial charge >= 0.3 is 0 Å². The van der Waals surface area contributed by atoms with Crippen LogP contribution >= 0.6 is 0 Å². The van der Waals surface area contributed by atoms with Crippen LogP contribution in [0.15, 0.2) is 0 Å². The number of hydrogen-bond acceptors (Lipinski definition) is 2. The SMILES string of the molecule is CCOCC1C[C@H]1N. The van der Waals surface area contributed by atoms with Crippen molar-refractivity contribution >= 4 is 0 Å². The molecule has 0 spiro atoms. The van der Waals surface area contributed by atoms with Crippen LogP contribution in [0.2, 0.25) is 0 Å². The van der Waals surface area contributed by atoms with Crippen molar-refractivity contribution in [1.82, 2.24) is 0 Å². The van der Waals surface area contributed by atoms with Crippen molar-refractivity contribution in [3.8, 4) is 0 Å². The molecule has 1 aliphatic carbocycles. The van der Waals surface area contributed by atoms with Gasteiger partial charge in [0.2, 0.25) is 0 Å². The molecule has 0 saturated heterocycles. The highest BCUT2D eigenvalue weighted by molar-refractivity contribution is 4.89. The van der Waals surface area contributed by atoms with Crippen LogP contribution in [0.4, 0.5) is 0 Å². The summed E-state index contributed by atoms with van der Waals surface area (Å²) in [6.45, 7) is 3.70. The Labute approximate surface area is 50.0 Å². The van der Waals surface area contributed by atoms with Crippen molar-refractivity contribution in [2.75, 3.05) is 13.2 Å². The third kappa shape index (κ3) is 1.46. The first-order chi connectivity index (χ1) is 3.84. The van der Waals surface area contributed by atoms with Crippen LogP contribution in [0.25, 0.3) is 0 Å². The van der Waals surface area contributed by atoms with Crippen molar-refractivity contribution in [2.45, 2.75) is 19.4 Å². The highest BCUT2D eigenvalue weighted by atomic mass is 16.5. The van der Waals surface area contributed by atoms with Gasteiger partial charge in [0, 0.05) is 12.6 Å². The van der Waals surface area contributed by atoms with Crippen LogP contribution in [0, 0.1) is 5.92 Å². The molecule has 0 aromatic rings. The quantitative estimate of drug-likeness (QED) is 0.576. The van der Waals surface area contributed by atoms with Crippen LogP contribution < -0.4 is 5.73 Å². The monoisotopic (exact) mass is 115 g/mol. The molecule has 1 saturated carbocycles. The lowest BCUT2D eigenvalue weighted by Crippen LogP contribution is -2.06. The predicted molar refractivity (Wildman–Crippen MR) is 32.6 cm³/mol. The summed E-state index contributed by atoms with van der Waals surface area (Å²) in [6, 6.07) is 0.446. The van der Waals surface area contributed by atoms with Crippen LogP contribution in [0.1, 0.15) is 13.3 Å². The summed E-state index contributed by atoms with van der Waals surface area (Å²) in [5.41, 5.74) is 5.53. The molecule has 2 nitrogen and oxygen atoms in total. The van der Waals surface area contributed by atoms with Crippen LogP contribution in [-0.2, 0) is 4.74 Å². The third-order valence-corrected chi connectivity index (χ3v) is 1.51. The summed E-state index contributed by atoms with van der Waals surface area (Å²) in [5.74, 6) is 0.676. The van der Waals surface area contributed by atoms with E-state index in [-0.39, 0.29) is 0 Å². The van der Waals surface area contributed by atoms with Crippen molar-refractivity contribution in [3.63, 3.8) is 0 Å². The molecule has 1 rings (SSSR count). The molecule has 2 N–H and O–H groups in total. The average molecular weight is 115 g/mol. The maximum Gasteiger partial charge on any atom is 0.0509 e.